The Balaban J connectivity index is 2.87. The Kier molecular flexibility index (Phi) is 15.2. The lowest BCUT2D eigenvalue weighted by Crippen LogP contribution is -2.23. The van der Waals surface area contributed by atoms with Crippen molar-refractivity contribution >= 4 is 32.6 Å². The standard InChI is InChI=1S/C25H45NO8P2S/c1-19(2)31-35(29,32-20(3)4)25(36(30,33-21(5)6)34-22(7)8)13-11-9-10-12-18-37-24-16-14-23(15-17-24)26(27)28/h14-17,19-22,25H,9-13,18H2,1-8H3. The molecule has 0 fully saturated rings. The van der Waals surface area contributed by atoms with E-state index in [9.17, 15) is 19.2 Å². The molecule has 0 aromatic heterocycles. The molecular weight excluding hydrogens is 536 g/mol. The highest BCUT2D eigenvalue weighted by atomic mass is 32.2. The summed E-state index contributed by atoms with van der Waals surface area (Å²) in [7, 11) is -7.71. The molecule has 0 aliphatic rings. The van der Waals surface area contributed by atoms with Gasteiger partial charge in [0.15, 0.2) is 5.40 Å². The molecule has 0 bridgehead atoms. The van der Waals surface area contributed by atoms with E-state index in [1.807, 2.05) is 0 Å². The van der Waals surface area contributed by atoms with Gasteiger partial charge in [-0.05, 0) is 86.1 Å². The highest BCUT2D eigenvalue weighted by Gasteiger charge is 2.52. The molecule has 0 heterocycles. The number of non-ortho nitro benzene ring substituents is 1. The van der Waals surface area contributed by atoms with E-state index in [2.05, 4.69) is 0 Å². The van der Waals surface area contributed by atoms with Gasteiger partial charge in [-0.3, -0.25) is 19.2 Å². The Morgan fingerprint density at radius 1 is 0.730 bits per heavy atom. The molecule has 0 saturated heterocycles. The molecule has 0 amide bonds. The van der Waals surface area contributed by atoms with E-state index in [0.717, 1.165) is 29.9 Å². The second-order valence-electron chi connectivity index (χ2n) is 9.98. The Hall–Kier alpha value is -0.730. The van der Waals surface area contributed by atoms with Gasteiger partial charge in [-0.2, -0.15) is 0 Å². The van der Waals surface area contributed by atoms with Gasteiger partial charge in [0.25, 0.3) is 5.69 Å². The first-order chi connectivity index (χ1) is 17.2. The van der Waals surface area contributed by atoms with Gasteiger partial charge in [0, 0.05) is 17.0 Å². The molecule has 0 N–H and O–H groups in total. The van der Waals surface area contributed by atoms with Crippen molar-refractivity contribution in [3.8, 4) is 0 Å². The number of nitro groups is 1. The predicted octanol–water partition coefficient (Wildman–Crippen LogP) is 9.05. The molecule has 0 unspecified atom stereocenters. The van der Waals surface area contributed by atoms with Gasteiger partial charge >= 0.3 is 15.2 Å². The maximum Gasteiger partial charge on any atom is 0.346 e. The summed E-state index contributed by atoms with van der Waals surface area (Å²) >= 11 is 1.65. The smallest absolute Gasteiger partial charge is 0.305 e. The first kappa shape index (κ1) is 34.3. The molecule has 0 aliphatic carbocycles. The van der Waals surface area contributed by atoms with Crippen LogP contribution in [0.4, 0.5) is 5.69 Å². The quantitative estimate of drug-likeness (QED) is 0.0519. The van der Waals surface area contributed by atoms with Crippen molar-refractivity contribution in [2.75, 3.05) is 5.75 Å². The second kappa shape index (κ2) is 16.4. The molecule has 0 radical (unpaired) electrons. The lowest BCUT2D eigenvalue weighted by atomic mass is 10.2. The predicted molar refractivity (Wildman–Crippen MR) is 151 cm³/mol. The van der Waals surface area contributed by atoms with Crippen LogP contribution in [0.2, 0.25) is 0 Å². The van der Waals surface area contributed by atoms with Crippen molar-refractivity contribution in [1.82, 2.24) is 0 Å². The molecule has 1 aromatic rings. The first-order valence-corrected chi connectivity index (χ1v) is 17.2. The van der Waals surface area contributed by atoms with Crippen LogP contribution in [0.15, 0.2) is 29.2 Å². The summed E-state index contributed by atoms with van der Waals surface area (Å²) < 4.78 is 51.6. The third-order valence-corrected chi connectivity index (χ3v) is 12.5. The van der Waals surface area contributed by atoms with Crippen LogP contribution in [-0.4, -0.2) is 40.5 Å². The van der Waals surface area contributed by atoms with Gasteiger partial charge in [-0.1, -0.05) is 19.3 Å². The molecule has 12 heteroatoms. The van der Waals surface area contributed by atoms with Gasteiger partial charge in [-0.25, -0.2) is 0 Å². The van der Waals surface area contributed by atoms with Crippen LogP contribution in [0, 0.1) is 10.1 Å². The van der Waals surface area contributed by atoms with Gasteiger partial charge in [-0.15, -0.1) is 11.8 Å². The number of hydrogen-bond donors (Lipinski definition) is 0. The Bertz CT molecular complexity index is 842. The van der Waals surface area contributed by atoms with Crippen LogP contribution >= 0.6 is 27.0 Å². The van der Waals surface area contributed by atoms with Crippen molar-refractivity contribution in [1.29, 1.82) is 0 Å². The van der Waals surface area contributed by atoms with Crippen LogP contribution in [0.25, 0.3) is 0 Å². The maximum absolute atomic E-state index is 14.1. The molecule has 37 heavy (non-hydrogen) atoms. The maximum atomic E-state index is 14.1. The van der Waals surface area contributed by atoms with Crippen LogP contribution in [0.3, 0.4) is 0 Å². The van der Waals surface area contributed by atoms with Crippen molar-refractivity contribution < 1.29 is 32.1 Å². The van der Waals surface area contributed by atoms with E-state index < -0.39 is 49.9 Å². The summed E-state index contributed by atoms with van der Waals surface area (Å²) in [5.41, 5.74) is 0.0827. The average molecular weight is 582 g/mol. The van der Waals surface area contributed by atoms with Crippen LogP contribution < -0.4 is 0 Å². The molecule has 0 saturated carbocycles. The van der Waals surface area contributed by atoms with E-state index in [4.69, 9.17) is 18.1 Å². The third-order valence-electron chi connectivity index (χ3n) is 4.83. The highest BCUT2D eigenvalue weighted by molar-refractivity contribution is 7.99. The average Bonchev–Trinajstić information content (AvgIpc) is 2.73. The monoisotopic (exact) mass is 581 g/mol. The number of thioether (sulfide) groups is 1. The van der Waals surface area contributed by atoms with Crippen LogP contribution in [0.1, 0.15) is 87.5 Å². The lowest BCUT2D eigenvalue weighted by molar-refractivity contribution is -0.384. The zero-order chi connectivity index (χ0) is 28.2. The summed E-state index contributed by atoms with van der Waals surface area (Å²) in [5.74, 6) is 0.873. The highest BCUT2D eigenvalue weighted by Crippen LogP contribution is 2.73. The fourth-order valence-corrected chi connectivity index (χ4v) is 10.6. The zero-order valence-corrected chi connectivity index (χ0v) is 26.1. The van der Waals surface area contributed by atoms with Crippen molar-refractivity contribution in [3.05, 3.63) is 34.4 Å². The Morgan fingerprint density at radius 3 is 1.51 bits per heavy atom. The molecule has 214 valence electrons. The summed E-state index contributed by atoms with van der Waals surface area (Å²) in [5, 5.41) is 9.76. The molecule has 0 aliphatic heterocycles. The SMILES string of the molecule is CC(C)OP(=O)(OC(C)C)C(CCCCCCSc1ccc([N+](=O)[O-])cc1)P(=O)(OC(C)C)OC(C)C. The number of rotatable bonds is 19. The minimum atomic E-state index is -3.85. The minimum absolute atomic E-state index is 0.0827. The van der Waals surface area contributed by atoms with E-state index >= 15 is 0 Å². The van der Waals surface area contributed by atoms with E-state index in [1.54, 1.807) is 79.3 Å². The Morgan fingerprint density at radius 2 is 1.14 bits per heavy atom. The molecular formula is C25H45NO8P2S. The number of hydrogen-bond acceptors (Lipinski definition) is 9. The molecule has 0 atom stereocenters. The summed E-state index contributed by atoms with van der Waals surface area (Å²) in [6, 6.07) is 6.54. The first-order valence-electron chi connectivity index (χ1n) is 13.0. The number of nitrogens with zero attached hydrogens (tertiary/aromatic N) is 1. The van der Waals surface area contributed by atoms with Gasteiger partial charge < -0.3 is 18.1 Å². The van der Waals surface area contributed by atoms with E-state index in [0.29, 0.717) is 12.8 Å². The normalized spacial score (nSPS) is 13.0. The van der Waals surface area contributed by atoms with E-state index in [1.165, 1.54) is 12.1 Å². The third kappa shape index (κ3) is 12.8. The summed E-state index contributed by atoms with van der Waals surface area (Å²) in [6.45, 7) is 14.2. The van der Waals surface area contributed by atoms with E-state index in [-0.39, 0.29) is 5.69 Å². The van der Waals surface area contributed by atoms with Gasteiger partial charge in [0.1, 0.15) is 0 Å². The summed E-state index contributed by atoms with van der Waals surface area (Å²) in [4.78, 5) is 11.4. The van der Waals surface area contributed by atoms with Gasteiger partial charge in [0.2, 0.25) is 0 Å². The fraction of sp³-hybridized carbons (Fsp3) is 0.760. The molecule has 1 rings (SSSR count). The summed E-state index contributed by atoms with van der Waals surface area (Å²) in [6.07, 6.45) is 2.11. The number of benzene rings is 1. The number of nitro benzene ring substituents is 1. The molecule has 0 spiro atoms. The topological polar surface area (TPSA) is 114 Å². The molecule has 9 nitrogen and oxygen atoms in total. The Labute approximate surface area is 227 Å². The number of unbranched alkanes of at least 4 members (excludes halogenated alkanes) is 3. The van der Waals surface area contributed by atoms with Crippen LogP contribution in [0.5, 0.6) is 0 Å². The lowest BCUT2D eigenvalue weighted by Gasteiger charge is -2.35. The van der Waals surface area contributed by atoms with Crippen molar-refractivity contribution in [2.24, 2.45) is 0 Å². The zero-order valence-electron chi connectivity index (χ0n) is 23.5. The minimum Gasteiger partial charge on any atom is -0.305 e. The second-order valence-corrected chi connectivity index (χ2v) is 15.8. The fourth-order valence-electron chi connectivity index (χ4n) is 3.63. The van der Waals surface area contributed by atoms with Crippen molar-refractivity contribution in [3.63, 3.8) is 0 Å². The molecule has 1 aromatic carbocycles. The largest absolute Gasteiger partial charge is 0.346 e. The van der Waals surface area contributed by atoms with Crippen molar-refractivity contribution in [2.45, 2.75) is 122 Å². The van der Waals surface area contributed by atoms with Crippen LogP contribution in [-0.2, 0) is 27.2 Å². The van der Waals surface area contributed by atoms with Gasteiger partial charge in [0.05, 0.1) is 29.3 Å².